The van der Waals surface area contributed by atoms with Gasteiger partial charge < -0.3 is 14.8 Å². The van der Waals surface area contributed by atoms with Crippen LogP contribution in [0.3, 0.4) is 0 Å². The molecule has 1 N–H and O–H groups in total. The van der Waals surface area contributed by atoms with Gasteiger partial charge in [0.05, 0.1) is 37.0 Å². The Morgan fingerprint density at radius 1 is 1.10 bits per heavy atom. The molecule has 0 bridgehead atoms. The van der Waals surface area contributed by atoms with Crippen molar-refractivity contribution in [3.63, 3.8) is 0 Å². The number of sulfonamides is 1. The Morgan fingerprint density at radius 3 is 2.49 bits per heavy atom. The lowest BCUT2D eigenvalue weighted by atomic mass is 10.0. The second kappa shape index (κ2) is 12.1. The Balaban J connectivity index is 1.68. The molecular weight excluding hydrogens is 606 g/mol. The number of halogens is 5. The molecule has 1 aromatic heterocycles. The molecule has 0 aliphatic carbocycles. The van der Waals surface area contributed by atoms with Crippen LogP contribution in [0.1, 0.15) is 29.7 Å². The number of rotatable bonds is 10. The van der Waals surface area contributed by atoms with E-state index in [2.05, 4.69) is 10.3 Å². The van der Waals surface area contributed by atoms with Gasteiger partial charge in [0.15, 0.2) is 5.13 Å². The molecule has 0 aliphatic rings. The number of nitrogens with zero attached hydrogens (tertiary/aromatic N) is 2. The zero-order valence-electron chi connectivity index (χ0n) is 21.9. The molecule has 0 amide bonds. The van der Waals surface area contributed by atoms with Gasteiger partial charge in [0.1, 0.15) is 22.2 Å². The zero-order valence-corrected chi connectivity index (χ0v) is 24.3. The van der Waals surface area contributed by atoms with Crippen molar-refractivity contribution >= 4 is 43.8 Å². The van der Waals surface area contributed by atoms with Crippen LogP contribution in [0.15, 0.2) is 71.1 Å². The van der Waals surface area contributed by atoms with Crippen LogP contribution in [0.25, 0.3) is 0 Å². The van der Waals surface area contributed by atoms with E-state index in [0.717, 1.165) is 39.9 Å². The summed E-state index contributed by atoms with van der Waals surface area (Å²) in [6.07, 6.45) is -3.12. The first-order valence-electron chi connectivity index (χ1n) is 11.9. The van der Waals surface area contributed by atoms with Crippen LogP contribution in [-0.2, 0) is 22.7 Å². The third-order valence-electron chi connectivity index (χ3n) is 6.12. The minimum absolute atomic E-state index is 0.00523. The number of benzene rings is 3. The van der Waals surface area contributed by atoms with Crippen molar-refractivity contribution in [1.29, 1.82) is 0 Å². The van der Waals surface area contributed by atoms with E-state index < -0.39 is 38.5 Å². The van der Waals surface area contributed by atoms with E-state index in [9.17, 15) is 21.6 Å². The van der Waals surface area contributed by atoms with Gasteiger partial charge in [-0.05, 0) is 48.9 Å². The van der Waals surface area contributed by atoms with Crippen molar-refractivity contribution in [2.75, 3.05) is 23.8 Å². The molecular formula is C27H24ClF4N3O4S2. The molecule has 0 aliphatic heterocycles. The number of anilines is 2. The van der Waals surface area contributed by atoms with Gasteiger partial charge in [-0.15, -0.1) is 11.3 Å². The van der Waals surface area contributed by atoms with Crippen molar-refractivity contribution in [2.24, 2.45) is 0 Å². The lowest BCUT2D eigenvalue weighted by molar-refractivity contribution is -0.137. The van der Waals surface area contributed by atoms with Crippen LogP contribution in [0.4, 0.5) is 28.4 Å². The highest BCUT2D eigenvalue weighted by Crippen LogP contribution is 2.37. The predicted molar refractivity (Wildman–Crippen MR) is 150 cm³/mol. The first-order valence-corrected chi connectivity index (χ1v) is 14.6. The molecule has 4 rings (SSSR count). The highest BCUT2D eigenvalue weighted by molar-refractivity contribution is 7.93. The summed E-state index contributed by atoms with van der Waals surface area (Å²) in [4.78, 5) is 3.41. The molecule has 0 saturated heterocycles. The largest absolute Gasteiger partial charge is 0.497 e. The fourth-order valence-corrected chi connectivity index (χ4v) is 6.61. The Morgan fingerprint density at radius 2 is 1.85 bits per heavy atom. The van der Waals surface area contributed by atoms with Gasteiger partial charge in [0, 0.05) is 29.2 Å². The number of hydrogen-bond donors (Lipinski definition) is 1. The number of aromatic nitrogens is 1. The Kier molecular flexibility index (Phi) is 9.00. The summed E-state index contributed by atoms with van der Waals surface area (Å²) in [5, 5.41) is 4.37. The summed E-state index contributed by atoms with van der Waals surface area (Å²) in [7, 11) is -1.65. The molecule has 4 aromatic rings. The van der Waals surface area contributed by atoms with E-state index in [1.54, 1.807) is 30.5 Å². The third-order valence-corrected chi connectivity index (χ3v) is 9.09. The molecule has 7 nitrogen and oxygen atoms in total. The minimum Gasteiger partial charge on any atom is -0.497 e. The van der Waals surface area contributed by atoms with E-state index in [4.69, 9.17) is 21.1 Å². The van der Waals surface area contributed by atoms with E-state index in [1.807, 2.05) is 0 Å². The second-order valence-corrected chi connectivity index (χ2v) is 11.9. The smallest absolute Gasteiger partial charge is 0.416 e. The molecule has 0 radical (unpaired) electrons. The van der Waals surface area contributed by atoms with Crippen molar-refractivity contribution in [3.05, 3.63) is 93.7 Å². The van der Waals surface area contributed by atoms with Crippen molar-refractivity contribution in [2.45, 2.75) is 30.6 Å². The standard InChI is InChI=1S/C27H24ClF4N3O4S2/c1-16(17-5-4-6-19(11-17)27(30,31)32)34-23-14-22(29)25(13-21(23)28)41(36,37)35(26-33-9-10-40-26)15-18-7-8-20(38-2)12-24(18)39-3/h4-14,16,34H,15H2,1-3H3. The summed E-state index contributed by atoms with van der Waals surface area (Å²) in [6.45, 7) is 1.33. The van der Waals surface area contributed by atoms with Crippen molar-refractivity contribution < 1.29 is 35.5 Å². The fourth-order valence-electron chi connectivity index (χ4n) is 3.99. The summed E-state index contributed by atoms with van der Waals surface area (Å²) in [6, 6.07) is 10.6. The zero-order chi connectivity index (χ0) is 29.9. The average Bonchev–Trinajstić information content (AvgIpc) is 3.47. The molecule has 0 fully saturated rings. The van der Waals surface area contributed by atoms with Gasteiger partial charge in [0.25, 0.3) is 10.0 Å². The lowest BCUT2D eigenvalue weighted by Gasteiger charge is -2.24. The molecule has 1 atom stereocenters. The molecule has 3 aromatic carbocycles. The van der Waals surface area contributed by atoms with Gasteiger partial charge in [-0.2, -0.15) is 13.2 Å². The third kappa shape index (κ3) is 6.68. The van der Waals surface area contributed by atoms with Gasteiger partial charge in [-0.1, -0.05) is 23.7 Å². The summed E-state index contributed by atoms with van der Waals surface area (Å²) < 4.78 is 94.1. The normalized spacial score (nSPS) is 12.6. The Labute approximate surface area is 243 Å². The lowest BCUT2D eigenvalue weighted by Crippen LogP contribution is -2.31. The maximum atomic E-state index is 15.5. The predicted octanol–water partition coefficient (Wildman–Crippen LogP) is 7.54. The van der Waals surface area contributed by atoms with E-state index >= 15 is 4.39 Å². The minimum atomic E-state index is -4.55. The number of alkyl halides is 3. The van der Waals surface area contributed by atoms with Crippen molar-refractivity contribution in [3.8, 4) is 11.5 Å². The maximum absolute atomic E-state index is 15.5. The highest BCUT2D eigenvalue weighted by Gasteiger charge is 2.33. The number of hydrogen-bond acceptors (Lipinski definition) is 7. The summed E-state index contributed by atoms with van der Waals surface area (Å²) >= 11 is 7.41. The van der Waals surface area contributed by atoms with Gasteiger partial charge >= 0.3 is 6.18 Å². The van der Waals surface area contributed by atoms with Crippen LogP contribution in [0, 0.1) is 5.82 Å². The van der Waals surface area contributed by atoms with Gasteiger partial charge in [-0.25, -0.2) is 22.1 Å². The molecule has 0 spiro atoms. The quantitative estimate of drug-likeness (QED) is 0.183. The van der Waals surface area contributed by atoms with E-state index in [1.165, 1.54) is 32.5 Å². The Hall–Kier alpha value is -3.55. The SMILES string of the molecule is COc1ccc(CN(c2nccs2)S(=O)(=O)c2cc(Cl)c(NC(C)c3cccc(C(F)(F)F)c3)cc2F)c(OC)c1. The van der Waals surface area contributed by atoms with Crippen molar-refractivity contribution in [1.82, 2.24) is 4.98 Å². The Bertz CT molecular complexity index is 1630. The summed E-state index contributed by atoms with van der Waals surface area (Å²) in [5.41, 5.74) is -0.0908. The van der Waals surface area contributed by atoms with Crippen LogP contribution < -0.4 is 19.1 Å². The summed E-state index contributed by atoms with van der Waals surface area (Å²) in [5.74, 6) is -0.270. The molecule has 1 unspecified atom stereocenters. The van der Waals surface area contributed by atoms with Crippen LogP contribution in [0.2, 0.25) is 5.02 Å². The topological polar surface area (TPSA) is 80.8 Å². The number of thiazole rings is 1. The van der Waals surface area contributed by atoms with E-state index in [0.29, 0.717) is 17.1 Å². The molecule has 14 heteroatoms. The highest BCUT2D eigenvalue weighted by atomic mass is 35.5. The molecule has 218 valence electrons. The van der Waals surface area contributed by atoms with Gasteiger partial charge in [-0.3, -0.25) is 0 Å². The van der Waals surface area contributed by atoms with Gasteiger partial charge in [0.2, 0.25) is 0 Å². The molecule has 41 heavy (non-hydrogen) atoms. The number of nitrogens with one attached hydrogen (secondary N) is 1. The average molecular weight is 630 g/mol. The van der Waals surface area contributed by atoms with Crippen LogP contribution >= 0.6 is 22.9 Å². The maximum Gasteiger partial charge on any atom is 0.416 e. The fraction of sp³-hybridized carbons (Fsp3) is 0.222. The van der Waals surface area contributed by atoms with E-state index in [-0.39, 0.29) is 27.9 Å². The van der Waals surface area contributed by atoms with Crippen LogP contribution in [0.5, 0.6) is 11.5 Å². The molecule has 0 saturated carbocycles. The molecule has 1 heterocycles. The second-order valence-electron chi connectivity index (χ2n) is 8.76. The first kappa shape index (κ1) is 30.4. The van der Waals surface area contributed by atoms with Crippen LogP contribution in [-0.4, -0.2) is 27.6 Å². The number of ether oxygens (including phenoxy) is 2. The first-order chi connectivity index (χ1) is 19.3. The monoisotopic (exact) mass is 629 g/mol. The number of methoxy groups -OCH3 is 2.